The molecular formula is C21H21N7O3. The zero-order chi connectivity index (χ0) is 21.4. The molecule has 0 spiro atoms. The van der Waals surface area contributed by atoms with Crippen molar-refractivity contribution in [3.8, 4) is 17.0 Å². The summed E-state index contributed by atoms with van der Waals surface area (Å²) >= 11 is 0. The SMILES string of the molecule is COc1cccc(-c2ccc(=O)n(C3COCC3Nc3cc(C)nc4ncnn34)n2)c1. The number of hydrogen-bond donors (Lipinski definition) is 1. The van der Waals surface area contributed by atoms with Crippen molar-refractivity contribution in [2.24, 2.45) is 0 Å². The summed E-state index contributed by atoms with van der Waals surface area (Å²) in [5.41, 5.74) is 2.17. The van der Waals surface area contributed by atoms with Crippen molar-refractivity contribution in [3.05, 3.63) is 64.8 Å². The van der Waals surface area contributed by atoms with E-state index in [1.165, 1.54) is 17.1 Å². The predicted molar refractivity (Wildman–Crippen MR) is 113 cm³/mol. The van der Waals surface area contributed by atoms with E-state index in [9.17, 15) is 4.79 Å². The Kier molecular flexibility index (Phi) is 4.83. The van der Waals surface area contributed by atoms with Gasteiger partial charge in [0.1, 0.15) is 23.9 Å². The summed E-state index contributed by atoms with van der Waals surface area (Å²) in [6.07, 6.45) is 1.46. The lowest BCUT2D eigenvalue weighted by molar-refractivity contribution is 0.183. The molecule has 2 atom stereocenters. The van der Waals surface area contributed by atoms with Gasteiger partial charge in [0.25, 0.3) is 11.3 Å². The Morgan fingerprint density at radius 1 is 1.19 bits per heavy atom. The Labute approximate surface area is 177 Å². The average Bonchev–Trinajstić information content (AvgIpc) is 3.43. The van der Waals surface area contributed by atoms with Crippen LogP contribution in [0.5, 0.6) is 5.75 Å². The number of benzene rings is 1. The highest BCUT2D eigenvalue weighted by Crippen LogP contribution is 2.25. The molecular weight excluding hydrogens is 398 g/mol. The summed E-state index contributed by atoms with van der Waals surface area (Å²) in [4.78, 5) is 21.2. The van der Waals surface area contributed by atoms with Gasteiger partial charge in [0.2, 0.25) is 0 Å². The van der Waals surface area contributed by atoms with Crippen LogP contribution in [0.15, 0.2) is 53.6 Å². The molecule has 1 fully saturated rings. The maximum atomic E-state index is 12.7. The molecule has 3 aromatic heterocycles. The molecule has 10 nitrogen and oxygen atoms in total. The van der Waals surface area contributed by atoms with Crippen molar-refractivity contribution >= 4 is 11.6 Å². The zero-order valence-corrected chi connectivity index (χ0v) is 17.1. The van der Waals surface area contributed by atoms with Gasteiger partial charge in [0, 0.05) is 23.4 Å². The summed E-state index contributed by atoms with van der Waals surface area (Å²) < 4.78 is 14.1. The number of rotatable bonds is 5. The second-order valence-electron chi connectivity index (χ2n) is 7.34. The summed E-state index contributed by atoms with van der Waals surface area (Å²) in [7, 11) is 1.62. The van der Waals surface area contributed by atoms with Crippen molar-refractivity contribution in [1.29, 1.82) is 0 Å². The summed E-state index contributed by atoms with van der Waals surface area (Å²) in [6, 6.07) is 12.3. The largest absolute Gasteiger partial charge is 0.497 e. The van der Waals surface area contributed by atoms with E-state index in [4.69, 9.17) is 9.47 Å². The summed E-state index contributed by atoms with van der Waals surface area (Å²) in [6.45, 7) is 2.70. The minimum atomic E-state index is -0.287. The first-order valence-electron chi connectivity index (χ1n) is 9.88. The van der Waals surface area contributed by atoms with Gasteiger partial charge in [-0.05, 0) is 25.1 Å². The topological polar surface area (TPSA) is 108 Å². The van der Waals surface area contributed by atoms with Crippen molar-refractivity contribution in [3.63, 3.8) is 0 Å². The van der Waals surface area contributed by atoms with Crippen LogP contribution in [-0.2, 0) is 4.74 Å². The number of aryl methyl sites for hydroxylation is 1. The van der Waals surface area contributed by atoms with Crippen LogP contribution in [0.1, 0.15) is 11.7 Å². The molecule has 0 aliphatic carbocycles. The fourth-order valence-corrected chi connectivity index (χ4v) is 3.74. The number of anilines is 1. The van der Waals surface area contributed by atoms with Gasteiger partial charge < -0.3 is 14.8 Å². The molecule has 1 saturated heterocycles. The minimum Gasteiger partial charge on any atom is -0.497 e. The standard InChI is InChI=1S/C21H21N7O3/c1-13-8-19(28-21(24-13)22-12-23-28)25-17-10-31-11-18(17)27-20(29)7-6-16(26-27)14-4-3-5-15(9-14)30-2/h3-9,12,17-18,25H,10-11H2,1-2H3. The fourth-order valence-electron chi connectivity index (χ4n) is 3.74. The second-order valence-corrected chi connectivity index (χ2v) is 7.34. The number of methoxy groups -OCH3 is 1. The molecule has 4 aromatic rings. The van der Waals surface area contributed by atoms with Gasteiger partial charge in [-0.25, -0.2) is 9.67 Å². The molecule has 10 heteroatoms. The van der Waals surface area contributed by atoms with Crippen LogP contribution in [0.2, 0.25) is 0 Å². The van der Waals surface area contributed by atoms with Gasteiger partial charge in [0.05, 0.1) is 32.1 Å². The molecule has 5 rings (SSSR count). The first kappa shape index (κ1) is 19.2. The Balaban J connectivity index is 1.49. The van der Waals surface area contributed by atoms with Crippen molar-refractivity contribution < 1.29 is 9.47 Å². The summed E-state index contributed by atoms with van der Waals surface area (Å²) in [5.74, 6) is 1.97. The molecule has 1 aliphatic rings. The Morgan fingerprint density at radius 2 is 2.10 bits per heavy atom. The maximum absolute atomic E-state index is 12.7. The van der Waals surface area contributed by atoms with Gasteiger partial charge in [-0.2, -0.15) is 19.7 Å². The average molecular weight is 419 g/mol. The van der Waals surface area contributed by atoms with Crippen LogP contribution in [0.3, 0.4) is 0 Å². The smallest absolute Gasteiger partial charge is 0.267 e. The first-order chi connectivity index (χ1) is 15.1. The number of nitrogens with one attached hydrogen (secondary N) is 1. The molecule has 1 aromatic carbocycles. The quantitative estimate of drug-likeness (QED) is 0.521. The number of nitrogens with zero attached hydrogens (tertiary/aromatic N) is 6. The minimum absolute atomic E-state index is 0.181. The Hall–Kier alpha value is -3.79. The van der Waals surface area contributed by atoms with Gasteiger partial charge in [-0.3, -0.25) is 4.79 Å². The van der Waals surface area contributed by atoms with E-state index < -0.39 is 0 Å². The van der Waals surface area contributed by atoms with Gasteiger partial charge in [-0.1, -0.05) is 12.1 Å². The van der Waals surface area contributed by atoms with Crippen molar-refractivity contribution in [1.82, 2.24) is 29.4 Å². The van der Waals surface area contributed by atoms with E-state index in [2.05, 4.69) is 25.5 Å². The van der Waals surface area contributed by atoms with E-state index in [0.717, 1.165) is 22.8 Å². The van der Waals surface area contributed by atoms with Crippen LogP contribution in [0.25, 0.3) is 17.0 Å². The molecule has 158 valence electrons. The van der Waals surface area contributed by atoms with Crippen LogP contribution in [-0.4, -0.2) is 55.7 Å². The van der Waals surface area contributed by atoms with Gasteiger partial charge in [0.15, 0.2) is 0 Å². The molecule has 1 N–H and O–H groups in total. The molecule has 2 unspecified atom stereocenters. The van der Waals surface area contributed by atoms with E-state index in [-0.39, 0.29) is 17.6 Å². The Bertz CT molecular complexity index is 1300. The van der Waals surface area contributed by atoms with Crippen LogP contribution in [0, 0.1) is 6.92 Å². The number of fused-ring (bicyclic) bond motifs is 1. The monoisotopic (exact) mass is 419 g/mol. The van der Waals surface area contributed by atoms with E-state index in [0.29, 0.717) is 24.7 Å². The lowest BCUT2D eigenvalue weighted by atomic mass is 10.1. The zero-order valence-electron chi connectivity index (χ0n) is 17.1. The molecule has 0 bridgehead atoms. The van der Waals surface area contributed by atoms with E-state index in [1.54, 1.807) is 17.7 Å². The van der Waals surface area contributed by atoms with Crippen LogP contribution >= 0.6 is 0 Å². The maximum Gasteiger partial charge on any atom is 0.267 e. The van der Waals surface area contributed by atoms with E-state index in [1.807, 2.05) is 37.3 Å². The predicted octanol–water partition coefficient (Wildman–Crippen LogP) is 1.72. The van der Waals surface area contributed by atoms with Crippen LogP contribution < -0.4 is 15.6 Å². The normalized spacial score (nSPS) is 18.4. The highest BCUT2D eigenvalue weighted by molar-refractivity contribution is 5.60. The molecule has 0 radical (unpaired) electrons. The van der Waals surface area contributed by atoms with Gasteiger partial charge in [-0.15, -0.1) is 0 Å². The molecule has 31 heavy (non-hydrogen) atoms. The highest BCUT2D eigenvalue weighted by atomic mass is 16.5. The molecule has 0 amide bonds. The number of ether oxygens (including phenoxy) is 2. The van der Waals surface area contributed by atoms with Crippen molar-refractivity contribution in [2.75, 3.05) is 25.6 Å². The summed E-state index contributed by atoms with van der Waals surface area (Å²) in [5, 5.41) is 12.3. The second kappa shape index (κ2) is 7.80. The van der Waals surface area contributed by atoms with Gasteiger partial charge >= 0.3 is 0 Å². The molecule has 0 saturated carbocycles. The highest BCUT2D eigenvalue weighted by Gasteiger charge is 2.32. The fraction of sp³-hybridized carbons (Fsp3) is 0.286. The first-order valence-corrected chi connectivity index (χ1v) is 9.88. The third-order valence-corrected chi connectivity index (χ3v) is 5.27. The van der Waals surface area contributed by atoms with Crippen molar-refractivity contribution in [2.45, 2.75) is 19.0 Å². The van der Waals surface area contributed by atoms with Crippen LogP contribution in [0.4, 0.5) is 5.82 Å². The third-order valence-electron chi connectivity index (χ3n) is 5.27. The number of hydrogen-bond acceptors (Lipinski definition) is 8. The Morgan fingerprint density at radius 3 is 2.97 bits per heavy atom. The molecule has 1 aliphatic heterocycles. The van der Waals surface area contributed by atoms with E-state index >= 15 is 0 Å². The molecule has 4 heterocycles. The number of aromatic nitrogens is 6. The lowest BCUT2D eigenvalue weighted by Gasteiger charge is -2.22. The third kappa shape index (κ3) is 3.61. The lowest BCUT2D eigenvalue weighted by Crippen LogP contribution is -2.37.